The van der Waals surface area contributed by atoms with Crippen LogP contribution < -0.4 is 9.47 Å². The highest BCUT2D eigenvalue weighted by atomic mass is 16.5. The van der Waals surface area contributed by atoms with E-state index in [0.717, 1.165) is 22.6 Å². The maximum Gasteiger partial charge on any atom is 0.222 e. The Morgan fingerprint density at radius 2 is 1.62 bits per heavy atom. The number of ether oxygens (including phenoxy) is 3. The average molecular weight is 468 g/mol. The predicted molar refractivity (Wildman–Crippen MR) is 134 cm³/mol. The fourth-order valence-electron chi connectivity index (χ4n) is 3.69. The van der Waals surface area contributed by atoms with E-state index in [2.05, 4.69) is 18.7 Å². The van der Waals surface area contributed by atoms with Gasteiger partial charge < -0.3 is 19.3 Å². The zero-order valence-electron chi connectivity index (χ0n) is 21.1. The van der Waals surface area contributed by atoms with Gasteiger partial charge in [-0.15, -0.1) is 0 Å². The van der Waals surface area contributed by atoms with Gasteiger partial charge in [-0.05, 0) is 52.0 Å². The summed E-state index contributed by atoms with van der Waals surface area (Å²) in [4.78, 5) is 2.22. The number of aryl methyl sites for hydroxylation is 1. The van der Waals surface area contributed by atoms with Gasteiger partial charge in [-0.25, -0.2) is 4.68 Å². The van der Waals surface area contributed by atoms with Crippen LogP contribution in [0, 0.1) is 0 Å². The van der Waals surface area contributed by atoms with E-state index in [1.807, 2.05) is 75.5 Å². The van der Waals surface area contributed by atoms with E-state index in [9.17, 15) is 5.11 Å². The first-order chi connectivity index (χ1) is 16.3. The van der Waals surface area contributed by atoms with Crippen LogP contribution in [0.15, 0.2) is 54.6 Å². The summed E-state index contributed by atoms with van der Waals surface area (Å²) in [5, 5.41) is 15.4. The fraction of sp³-hybridized carbons (Fsp3) is 0.444. The molecule has 3 aromatic rings. The van der Waals surface area contributed by atoms with Crippen LogP contribution in [0.1, 0.15) is 33.3 Å². The lowest BCUT2D eigenvalue weighted by molar-refractivity contribution is -0.0137. The minimum absolute atomic E-state index is 0.0784. The molecule has 1 aromatic heterocycles. The van der Waals surface area contributed by atoms with Gasteiger partial charge >= 0.3 is 0 Å². The quantitative estimate of drug-likeness (QED) is 0.409. The van der Waals surface area contributed by atoms with Gasteiger partial charge in [-0.1, -0.05) is 30.3 Å². The minimum atomic E-state index is -0.590. The molecule has 34 heavy (non-hydrogen) atoms. The van der Waals surface area contributed by atoms with Crippen molar-refractivity contribution in [1.29, 1.82) is 0 Å². The Balaban J connectivity index is 1.94. The minimum Gasteiger partial charge on any atom is -0.497 e. The molecule has 184 valence electrons. The zero-order chi connectivity index (χ0) is 24.7. The van der Waals surface area contributed by atoms with Crippen LogP contribution in [0.4, 0.5) is 0 Å². The monoisotopic (exact) mass is 467 g/mol. The topological polar surface area (TPSA) is 69.0 Å². The van der Waals surface area contributed by atoms with Gasteiger partial charge in [0.25, 0.3) is 0 Å². The molecule has 0 fully saturated rings. The number of aliphatic hydroxyl groups excluding tert-OH is 1. The highest BCUT2D eigenvalue weighted by molar-refractivity contribution is 5.65. The van der Waals surface area contributed by atoms with Crippen molar-refractivity contribution in [2.75, 3.05) is 20.3 Å². The Kier molecular flexibility index (Phi) is 9.10. The number of methoxy groups -OCH3 is 1. The van der Waals surface area contributed by atoms with Crippen molar-refractivity contribution in [2.24, 2.45) is 7.05 Å². The summed E-state index contributed by atoms with van der Waals surface area (Å²) in [7, 11) is 3.53. The van der Waals surface area contributed by atoms with Gasteiger partial charge in [0.2, 0.25) is 5.88 Å². The summed E-state index contributed by atoms with van der Waals surface area (Å²) in [6.45, 7) is 9.54. The molecule has 3 rings (SSSR count). The lowest BCUT2D eigenvalue weighted by atomic mass is 10.1. The van der Waals surface area contributed by atoms with Crippen LogP contribution >= 0.6 is 0 Å². The molecule has 2 aromatic carbocycles. The van der Waals surface area contributed by atoms with Gasteiger partial charge in [0.1, 0.15) is 17.2 Å². The lowest BCUT2D eigenvalue weighted by Crippen LogP contribution is -2.39. The Morgan fingerprint density at radius 3 is 2.21 bits per heavy atom. The largest absolute Gasteiger partial charge is 0.497 e. The molecule has 0 spiro atoms. The second-order valence-corrected chi connectivity index (χ2v) is 8.96. The first-order valence-electron chi connectivity index (χ1n) is 11.7. The molecule has 0 bridgehead atoms. The number of benzene rings is 2. The van der Waals surface area contributed by atoms with Crippen molar-refractivity contribution < 1.29 is 19.3 Å². The Hall–Kier alpha value is -2.87. The molecule has 0 saturated carbocycles. The summed E-state index contributed by atoms with van der Waals surface area (Å²) in [6, 6.07) is 17.8. The molecule has 1 unspecified atom stereocenters. The van der Waals surface area contributed by atoms with Gasteiger partial charge in [-0.3, -0.25) is 4.90 Å². The van der Waals surface area contributed by atoms with E-state index in [4.69, 9.17) is 19.3 Å². The normalized spacial score (nSPS) is 12.5. The molecule has 1 N–H and O–H groups in total. The van der Waals surface area contributed by atoms with E-state index in [1.54, 1.807) is 11.8 Å². The van der Waals surface area contributed by atoms with Gasteiger partial charge in [0.15, 0.2) is 0 Å². The molecular formula is C27H37N3O4. The maximum atomic E-state index is 10.6. The second kappa shape index (κ2) is 12.0. The van der Waals surface area contributed by atoms with Gasteiger partial charge in [0, 0.05) is 31.7 Å². The SMILES string of the molecule is COc1ccc(Oc2c(CN(CC(O)COC(C)C)C(C)C)c(-c3ccccc3)nn2C)cc1. The smallest absolute Gasteiger partial charge is 0.222 e. The number of aromatic nitrogens is 2. The molecule has 0 amide bonds. The molecule has 0 aliphatic carbocycles. The Morgan fingerprint density at radius 1 is 0.971 bits per heavy atom. The predicted octanol–water partition coefficient (Wildman–Crippen LogP) is 4.88. The summed E-state index contributed by atoms with van der Waals surface area (Å²) in [5.41, 5.74) is 2.85. The summed E-state index contributed by atoms with van der Waals surface area (Å²) in [6.07, 6.45) is -0.512. The first-order valence-corrected chi connectivity index (χ1v) is 11.7. The first kappa shape index (κ1) is 25.7. The third-order valence-corrected chi connectivity index (χ3v) is 5.57. The van der Waals surface area contributed by atoms with Gasteiger partial charge in [-0.2, -0.15) is 5.10 Å². The van der Waals surface area contributed by atoms with Crippen LogP contribution in [0.2, 0.25) is 0 Å². The van der Waals surface area contributed by atoms with Gasteiger partial charge in [0.05, 0.1) is 31.5 Å². The van der Waals surface area contributed by atoms with Crippen LogP contribution in [0.3, 0.4) is 0 Å². The van der Waals surface area contributed by atoms with Crippen LogP contribution in [-0.4, -0.2) is 58.3 Å². The average Bonchev–Trinajstić information content (AvgIpc) is 3.13. The highest BCUT2D eigenvalue weighted by Gasteiger charge is 2.24. The summed E-state index contributed by atoms with van der Waals surface area (Å²) < 4.78 is 19.0. The number of rotatable bonds is 12. The fourth-order valence-corrected chi connectivity index (χ4v) is 3.69. The van der Waals surface area contributed by atoms with Crippen molar-refractivity contribution in [3.05, 3.63) is 60.2 Å². The molecule has 0 aliphatic rings. The molecule has 0 aliphatic heterocycles. The van der Waals surface area contributed by atoms with Crippen molar-refractivity contribution in [1.82, 2.24) is 14.7 Å². The maximum absolute atomic E-state index is 10.6. The summed E-state index contributed by atoms with van der Waals surface area (Å²) in [5.74, 6) is 2.14. The van der Waals surface area contributed by atoms with Crippen molar-refractivity contribution in [3.63, 3.8) is 0 Å². The van der Waals surface area contributed by atoms with E-state index in [-0.39, 0.29) is 12.1 Å². The van der Waals surface area contributed by atoms with E-state index in [0.29, 0.717) is 31.3 Å². The zero-order valence-corrected chi connectivity index (χ0v) is 21.1. The molecule has 7 nitrogen and oxygen atoms in total. The molecule has 0 saturated heterocycles. The van der Waals surface area contributed by atoms with Crippen LogP contribution in [0.5, 0.6) is 17.4 Å². The van der Waals surface area contributed by atoms with E-state index >= 15 is 0 Å². The third kappa shape index (κ3) is 6.82. The molecular weight excluding hydrogens is 430 g/mol. The number of aliphatic hydroxyl groups is 1. The highest BCUT2D eigenvalue weighted by Crippen LogP contribution is 2.35. The molecule has 7 heteroatoms. The van der Waals surface area contributed by atoms with Crippen molar-refractivity contribution in [2.45, 2.75) is 52.5 Å². The van der Waals surface area contributed by atoms with Crippen molar-refractivity contribution in [3.8, 4) is 28.6 Å². The molecule has 1 atom stereocenters. The Bertz CT molecular complexity index is 1020. The Labute approximate surface area is 202 Å². The third-order valence-electron chi connectivity index (χ3n) is 5.57. The van der Waals surface area contributed by atoms with E-state index in [1.165, 1.54) is 0 Å². The second-order valence-electron chi connectivity index (χ2n) is 8.96. The number of hydrogen-bond acceptors (Lipinski definition) is 6. The van der Waals surface area contributed by atoms with E-state index < -0.39 is 6.10 Å². The van der Waals surface area contributed by atoms with Crippen molar-refractivity contribution >= 4 is 0 Å². The standard InChI is InChI=1S/C27H37N3O4/c1-19(2)30(16-22(31)18-33-20(3)4)17-25-26(21-10-8-7-9-11-21)28-29(5)27(25)34-24-14-12-23(32-6)13-15-24/h7-15,19-20,22,31H,16-18H2,1-6H3. The number of hydrogen-bond donors (Lipinski definition) is 1. The van der Waals surface area contributed by atoms with Crippen LogP contribution in [-0.2, 0) is 18.3 Å². The molecule has 1 heterocycles. The lowest BCUT2D eigenvalue weighted by Gasteiger charge is -2.29. The van der Waals surface area contributed by atoms with Crippen LogP contribution in [0.25, 0.3) is 11.3 Å². The molecule has 0 radical (unpaired) electrons. The number of nitrogens with zero attached hydrogens (tertiary/aromatic N) is 3. The summed E-state index contributed by atoms with van der Waals surface area (Å²) >= 11 is 0.